The van der Waals surface area contributed by atoms with Crippen molar-refractivity contribution >= 4 is 5.91 Å². The summed E-state index contributed by atoms with van der Waals surface area (Å²) in [4.78, 5) is 11.2. The van der Waals surface area contributed by atoms with Gasteiger partial charge in [-0.15, -0.1) is 0 Å². The van der Waals surface area contributed by atoms with E-state index in [0.29, 0.717) is 0 Å². The van der Waals surface area contributed by atoms with Gasteiger partial charge < -0.3 is 5.32 Å². The van der Waals surface area contributed by atoms with E-state index in [4.69, 9.17) is 0 Å². The minimum absolute atomic E-state index is 0.00231. The molecule has 1 aliphatic heterocycles. The summed E-state index contributed by atoms with van der Waals surface area (Å²) in [5, 5.41) is 2.79. The van der Waals surface area contributed by atoms with Gasteiger partial charge in [-0.25, -0.2) is 4.39 Å². The fourth-order valence-corrected chi connectivity index (χ4v) is 1.74. The molecule has 1 fully saturated rings. The molecule has 0 saturated carbocycles. The molecule has 1 aliphatic carbocycles. The second kappa shape index (κ2) is 2.44. The van der Waals surface area contributed by atoms with Crippen molar-refractivity contribution in [3.05, 3.63) is 24.1 Å². The second-order valence-electron chi connectivity index (χ2n) is 3.31. The number of hydrogen-bond donors (Lipinski definition) is 1. The average molecular weight is 167 g/mol. The first-order valence-electron chi connectivity index (χ1n) is 4.04. The van der Waals surface area contributed by atoms with Crippen LogP contribution >= 0.6 is 0 Å². The largest absolute Gasteiger partial charge is 0.349 e. The molecule has 3 atom stereocenters. The summed E-state index contributed by atoms with van der Waals surface area (Å²) < 4.78 is 12.8. The van der Waals surface area contributed by atoms with Gasteiger partial charge in [0.25, 0.3) is 0 Å². The number of halogens is 1. The summed E-state index contributed by atoms with van der Waals surface area (Å²) in [7, 11) is 0. The molecule has 2 rings (SSSR count). The maximum Gasteiger partial charge on any atom is 0.224 e. The fourth-order valence-electron chi connectivity index (χ4n) is 1.74. The van der Waals surface area contributed by atoms with Crippen LogP contribution in [0.3, 0.4) is 0 Å². The summed E-state index contributed by atoms with van der Waals surface area (Å²) in [6.07, 6.45) is 4.63. The Balaban J connectivity index is 2.29. The van der Waals surface area contributed by atoms with E-state index in [1.807, 2.05) is 6.92 Å². The van der Waals surface area contributed by atoms with Crippen molar-refractivity contribution in [1.82, 2.24) is 5.32 Å². The van der Waals surface area contributed by atoms with Gasteiger partial charge in [0.05, 0.1) is 6.04 Å². The van der Waals surface area contributed by atoms with Crippen molar-refractivity contribution in [3.63, 3.8) is 0 Å². The van der Waals surface area contributed by atoms with Gasteiger partial charge in [-0.3, -0.25) is 4.79 Å². The second-order valence-corrected chi connectivity index (χ2v) is 3.31. The van der Waals surface area contributed by atoms with Crippen molar-refractivity contribution in [3.8, 4) is 0 Å². The summed E-state index contributed by atoms with van der Waals surface area (Å²) >= 11 is 0. The Morgan fingerprint density at radius 3 is 3.08 bits per heavy atom. The number of carbonyl (C=O) groups excluding carboxylic acids is 1. The van der Waals surface area contributed by atoms with Gasteiger partial charge in [0.2, 0.25) is 5.91 Å². The minimum atomic E-state index is -0.236. The normalized spacial score (nSPS) is 39.0. The quantitative estimate of drug-likeness (QED) is 0.576. The zero-order valence-electron chi connectivity index (χ0n) is 6.75. The van der Waals surface area contributed by atoms with Crippen molar-refractivity contribution in [2.24, 2.45) is 11.8 Å². The lowest BCUT2D eigenvalue weighted by Crippen LogP contribution is -2.27. The molecule has 1 heterocycles. The Kier molecular flexibility index (Phi) is 1.53. The smallest absolute Gasteiger partial charge is 0.224 e. The summed E-state index contributed by atoms with van der Waals surface area (Å²) in [5.74, 6) is -0.326. The SMILES string of the molecule is C[C@H]1C(=O)NC2C=CC(F)=CC21. The molecule has 0 bridgehead atoms. The van der Waals surface area contributed by atoms with E-state index in [1.165, 1.54) is 12.2 Å². The third-order valence-corrected chi connectivity index (χ3v) is 2.53. The topological polar surface area (TPSA) is 29.1 Å². The molecule has 1 saturated heterocycles. The molecule has 2 nitrogen and oxygen atoms in total. The zero-order valence-corrected chi connectivity index (χ0v) is 6.75. The van der Waals surface area contributed by atoms with Gasteiger partial charge in [-0.2, -0.15) is 0 Å². The van der Waals surface area contributed by atoms with Crippen molar-refractivity contribution < 1.29 is 9.18 Å². The van der Waals surface area contributed by atoms with Gasteiger partial charge in [0.15, 0.2) is 0 Å². The summed E-state index contributed by atoms with van der Waals surface area (Å²) in [6.45, 7) is 1.82. The van der Waals surface area contributed by atoms with Gasteiger partial charge in [0.1, 0.15) is 5.83 Å². The molecule has 0 spiro atoms. The van der Waals surface area contributed by atoms with Crippen LogP contribution in [0.5, 0.6) is 0 Å². The number of amides is 1. The Morgan fingerprint density at radius 2 is 2.33 bits per heavy atom. The Hall–Kier alpha value is -1.12. The van der Waals surface area contributed by atoms with Crippen LogP contribution in [0.4, 0.5) is 4.39 Å². The lowest BCUT2D eigenvalue weighted by molar-refractivity contribution is -0.122. The number of hydrogen-bond acceptors (Lipinski definition) is 1. The predicted molar refractivity (Wildman–Crippen MR) is 42.9 cm³/mol. The number of fused-ring (bicyclic) bond motifs is 1. The highest BCUT2D eigenvalue weighted by Gasteiger charge is 2.37. The molecular formula is C9H10FNO. The van der Waals surface area contributed by atoms with E-state index in [-0.39, 0.29) is 29.6 Å². The maximum absolute atomic E-state index is 12.8. The molecule has 0 aromatic carbocycles. The van der Waals surface area contributed by atoms with E-state index in [0.717, 1.165) is 0 Å². The van der Waals surface area contributed by atoms with Crippen LogP contribution in [-0.4, -0.2) is 11.9 Å². The maximum atomic E-state index is 12.8. The Labute approximate surface area is 70.1 Å². The van der Waals surface area contributed by atoms with Gasteiger partial charge >= 0.3 is 0 Å². The number of nitrogens with one attached hydrogen (secondary N) is 1. The first-order chi connectivity index (χ1) is 5.68. The lowest BCUT2D eigenvalue weighted by atomic mass is 9.88. The molecular weight excluding hydrogens is 157 g/mol. The number of carbonyl (C=O) groups is 1. The number of rotatable bonds is 0. The van der Waals surface area contributed by atoms with Crippen LogP contribution in [0, 0.1) is 11.8 Å². The predicted octanol–water partition coefficient (Wildman–Crippen LogP) is 1.16. The first-order valence-corrected chi connectivity index (χ1v) is 4.04. The first kappa shape index (κ1) is 7.53. The highest BCUT2D eigenvalue weighted by atomic mass is 19.1. The molecule has 0 aromatic heterocycles. The minimum Gasteiger partial charge on any atom is -0.349 e. The third kappa shape index (κ3) is 0.967. The van der Waals surface area contributed by atoms with Crippen LogP contribution in [0.15, 0.2) is 24.1 Å². The van der Waals surface area contributed by atoms with Gasteiger partial charge in [-0.1, -0.05) is 13.0 Å². The van der Waals surface area contributed by atoms with E-state index < -0.39 is 0 Å². The van der Waals surface area contributed by atoms with Crippen molar-refractivity contribution in [2.45, 2.75) is 13.0 Å². The number of allylic oxidation sites excluding steroid dienone is 2. The van der Waals surface area contributed by atoms with Gasteiger partial charge in [0, 0.05) is 11.8 Å². The van der Waals surface area contributed by atoms with E-state index in [2.05, 4.69) is 5.32 Å². The van der Waals surface area contributed by atoms with Crippen LogP contribution < -0.4 is 5.32 Å². The third-order valence-electron chi connectivity index (χ3n) is 2.53. The van der Waals surface area contributed by atoms with Crippen LogP contribution in [0.2, 0.25) is 0 Å². The lowest BCUT2D eigenvalue weighted by Gasteiger charge is -2.16. The Morgan fingerprint density at radius 1 is 1.58 bits per heavy atom. The standard InChI is InChI=1S/C9H10FNO/c1-5-7-4-6(10)2-3-8(7)11-9(5)12/h2-5,7-8H,1H3,(H,11,12)/t5-,7?,8?/m1/s1. The molecule has 3 heteroatoms. The molecule has 2 aliphatic rings. The molecule has 2 unspecified atom stereocenters. The van der Waals surface area contributed by atoms with E-state index in [1.54, 1.807) is 6.08 Å². The highest BCUT2D eigenvalue weighted by Crippen LogP contribution is 2.30. The molecule has 0 radical (unpaired) electrons. The molecule has 1 N–H and O–H groups in total. The highest BCUT2D eigenvalue weighted by molar-refractivity contribution is 5.82. The molecule has 64 valence electrons. The van der Waals surface area contributed by atoms with Crippen LogP contribution in [0.1, 0.15) is 6.92 Å². The van der Waals surface area contributed by atoms with Crippen molar-refractivity contribution in [2.75, 3.05) is 0 Å². The molecule has 0 aromatic rings. The molecule has 1 amide bonds. The summed E-state index contributed by atoms with van der Waals surface area (Å²) in [6, 6.07) is 0.00648. The van der Waals surface area contributed by atoms with E-state index in [9.17, 15) is 9.18 Å². The van der Waals surface area contributed by atoms with E-state index >= 15 is 0 Å². The van der Waals surface area contributed by atoms with Crippen LogP contribution in [-0.2, 0) is 4.79 Å². The van der Waals surface area contributed by atoms with Crippen LogP contribution in [0.25, 0.3) is 0 Å². The Bertz CT molecular complexity index is 282. The van der Waals surface area contributed by atoms with Gasteiger partial charge in [-0.05, 0) is 12.2 Å². The summed E-state index contributed by atoms with van der Waals surface area (Å²) in [5.41, 5.74) is 0. The molecule has 12 heavy (non-hydrogen) atoms. The fraction of sp³-hybridized carbons (Fsp3) is 0.444. The van der Waals surface area contributed by atoms with Crippen molar-refractivity contribution in [1.29, 1.82) is 0 Å². The average Bonchev–Trinajstić information content (AvgIpc) is 2.31. The zero-order chi connectivity index (χ0) is 8.72. The monoisotopic (exact) mass is 167 g/mol.